The molecule has 2 N–H and O–H groups in total. The number of hydrogen-bond acceptors (Lipinski definition) is 3. The van der Waals surface area contributed by atoms with Gasteiger partial charge in [-0.15, -0.1) is 11.3 Å². The molecule has 0 aliphatic heterocycles. The van der Waals surface area contributed by atoms with E-state index in [2.05, 4.69) is 15.9 Å². The first kappa shape index (κ1) is 11.8. The van der Waals surface area contributed by atoms with Gasteiger partial charge >= 0.3 is 0 Å². The summed E-state index contributed by atoms with van der Waals surface area (Å²) in [5.41, 5.74) is 6.34. The summed E-state index contributed by atoms with van der Waals surface area (Å²) in [6.07, 6.45) is 0. The van der Waals surface area contributed by atoms with Crippen LogP contribution in [0.25, 0.3) is 0 Å². The first-order chi connectivity index (χ1) is 7.66. The van der Waals surface area contributed by atoms with Gasteiger partial charge in [0, 0.05) is 9.50 Å². The van der Waals surface area contributed by atoms with Crippen LogP contribution in [0.2, 0.25) is 5.02 Å². The largest absolute Gasteiger partial charge is 0.486 e. The molecule has 1 aromatic heterocycles. The van der Waals surface area contributed by atoms with Crippen LogP contribution in [0.1, 0.15) is 4.88 Å². The Morgan fingerprint density at radius 3 is 2.81 bits per heavy atom. The highest BCUT2D eigenvalue weighted by Crippen LogP contribution is 2.28. The second-order valence-corrected chi connectivity index (χ2v) is 5.45. The zero-order chi connectivity index (χ0) is 11.5. The smallest absolute Gasteiger partial charge is 0.142 e. The predicted molar refractivity (Wildman–Crippen MR) is 72.2 cm³/mol. The highest BCUT2D eigenvalue weighted by Gasteiger charge is 2.05. The maximum atomic E-state index is 5.80. The molecule has 0 fully saturated rings. The number of benzene rings is 1. The summed E-state index contributed by atoms with van der Waals surface area (Å²) in [4.78, 5) is 1.13. The fraction of sp³-hybridized carbons (Fsp3) is 0.0909. The van der Waals surface area contributed by atoms with E-state index in [9.17, 15) is 0 Å². The second-order valence-electron chi connectivity index (χ2n) is 3.16. The monoisotopic (exact) mass is 317 g/mol. The minimum absolute atomic E-state index is 0.504. The van der Waals surface area contributed by atoms with Crippen molar-refractivity contribution in [3.63, 3.8) is 0 Å². The molecule has 5 heteroatoms. The Kier molecular flexibility index (Phi) is 3.74. The SMILES string of the molecule is Nc1cc(Cl)ccc1OCc1sccc1Br. The minimum Gasteiger partial charge on any atom is -0.486 e. The maximum absolute atomic E-state index is 5.80. The Labute approximate surface area is 111 Å². The molecule has 0 atom stereocenters. The van der Waals surface area contributed by atoms with Crippen LogP contribution in [-0.4, -0.2) is 0 Å². The lowest BCUT2D eigenvalue weighted by molar-refractivity contribution is 0.311. The number of anilines is 1. The average molecular weight is 319 g/mol. The van der Waals surface area contributed by atoms with E-state index in [1.54, 1.807) is 29.5 Å². The zero-order valence-electron chi connectivity index (χ0n) is 8.24. The van der Waals surface area contributed by atoms with Gasteiger partial charge < -0.3 is 10.5 Å². The molecule has 2 rings (SSSR count). The van der Waals surface area contributed by atoms with Crippen LogP contribution in [0.15, 0.2) is 34.1 Å². The van der Waals surface area contributed by atoms with E-state index in [-0.39, 0.29) is 0 Å². The van der Waals surface area contributed by atoms with Crippen molar-refractivity contribution < 1.29 is 4.74 Å². The quantitative estimate of drug-likeness (QED) is 0.855. The van der Waals surface area contributed by atoms with E-state index in [1.165, 1.54) is 0 Å². The Hall–Kier alpha value is -0.710. The summed E-state index contributed by atoms with van der Waals surface area (Å²) in [5, 5.41) is 2.62. The number of hydrogen-bond donors (Lipinski definition) is 1. The molecule has 1 aromatic carbocycles. The molecule has 0 saturated heterocycles. The molecule has 0 radical (unpaired) electrons. The van der Waals surface area contributed by atoms with Gasteiger partial charge in [-0.3, -0.25) is 0 Å². The third kappa shape index (κ3) is 2.70. The Morgan fingerprint density at radius 1 is 1.38 bits per heavy atom. The molecule has 0 bridgehead atoms. The Bertz CT molecular complexity index is 500. The highest BCUT2D eigenvalue weighted by atomic mass is 79.9. The van der Waals surface area contributed by atoms with Crippen LogP contribution in [0.5, 0.6) is 5.75 Å². The van der Waals surface area contributed by atoms with Crippen molar-refractivity contribution in [2.45, 2.75) is 6.61 Å². The molecule has 84 valence electrons. The van der Waals surface area contributed by atoms with Crippen LogP contribution in [0, 0.1) is 0 Å². The van der Waals surface area contributed by atoms with Crippen molar-refractivity contribution in [2.75, 3.05) is 5.73 Å². The number of halogens is 2. The van der Waals surface area contributed by atoms with Gasteiger partial charge in [0.15, 0.2) is 0 Å². The van der Waals surface area contributed by atoms with E-state index in [4.69, 9.17) is 22.1 Å². The van der Waals surface area contributed by atoms with Gasteiger partial charge in [0.05, 0.1) is 10.6 Å². The summed E-state index contributed by atoms with van der Waals surface area (Å²) in [6.45, 7) is 0.504. The summed E-state index contributed by atoms with van der Waals surface area (Å²) in [7, 11) is 0. The van der Waals surface area contributed by atoms with Crippen molar-refractivity contribution >= 4 is 44.6 Å². The molecule has 16 heavy (non-hydrogen) atoms. The maximum Gasteiger partial charge on any atom is 0.142 e. The zero-order valence-corrected chi connectivity index (χ0v) is 11.4. The van der Waals surface area contributed by atoms with Gasteiger partial charge in [-0.2, -0.15) is 0 Å². The lowest BCUT2D eigenvalue weighted by Gasteiger charge is -2.08. The molecule has 0 spiro atoms. The van der Waals surface area contributed by atoms with Crippen LogP contribution in [0.3, 0.4) is 0 Å². The van der Waals surface area contributed by atoms with Gasteiger partial charge in [-0.05, 0) is 45.6 Å². The van der Waals surface area contributed by atoms with E-state index < -0.39 is 0 Å². The number of nitrogen functional groups attached to an aromatic ring is 1. The number of nitrogens with two attached hydrogens (primary N) is 1. The fourth-order valence-electron chi connectivity index (χ4n) is 1.22. The topological polar surface area (TPSA) is 35.2 Å². The van der Waals surface area contributed by atoms with Crippen molar-refractivity contribution in [1.82, 2.24) is 0 Å². The lowest BCUT2D eigenvalue weighted by atomic mass is 10.3. The molecule has 0 saturated carbocycles. The standard InChI is InChI=1S/C11H9BrClNOS/c12-8-3-4-16-11(8)6-15-10-2-1-7(13)5-9(10)14/h1-5H,6,14H2. The Morgan fingerprint density at radius 2 is 2.19 bits per heavy atom. The normalized spacial score (nSPS) is 10.4. The van der Waals surface area contributed by atoms with E-state index in [0.29, 0.717) is 23.1 Å². The minimum atomic E-state index is 0.504. The lowest BCUT2D eigenvalue weighted by Crippen LogP contribution is -1.97. The van der Waals surface area contributed by atoms with Gasteiger partial charge in [-0.25, -0.2) is 0 Å². The molecule has 2 nitrogen and oxygen atoms in total. The molecule has 0 aliphatic rings. The van der Waals surface area contributed by atoms with E-state index >= 15 is 0 Å². The molecule has 0 aliphatic carbocycles. The van der Waals surface area contributed by atoms with Crippen LogP contribution < -0.4 is 10.5 Å². The average Bonchev–Trinajstić information content (AvgIpc) is 2.63. The third-order valence-electron chi connectivity index (χ3n) is 2.02. The highest BCUT2D eigenvalue weighted by molar-refractivity contribution is 9.10. The van der Waals surface area contributed by atoms with E-state index in [1.807, 2.05) is 11.4 Å². The van der Waals surface area contributed by atoms with Crippen molar-refractivity contribution in [2.24, 2.45) is 0 Å². The first-order valence-corrected chi connectivity index (χ1v) is 6.61. The predicted octanol–water partition coefficient (Wildman–Crippen LogP) is 4.33. The summed E-state index contributed by atoms with van der Waals surface area (Å²) < 4.78 is 6.67. The summed E-state index contributed by atoms with van der Waals surface area (Å²) in [5.74, 6) is 0.657. The van der Waals surface area contributed by atoms with Crippen molar-refractivity contribution in [3.05, 3.63) is 44.0 Å². The fourth-order valence-corrected chi connectivity index (χ4v) is 2.78. The van der Waals surface area contributed by atoms with Gasteiger partial charge in [0.2, 0.25) is 0 Å². The molecule has 2 aromatic rings. The molecular formula is C11H9BrClNOS. The van der Waals surface area contributed by atoms with Crippen molar-refractivity contribution in [3.8, 4) is 5.75 Å². The van der Waals surface area contributed by atoms with Crippen LogP contribution >= 0.6 is 38.9 Å². The summed E-state index contributed by atoms with van der Waals surface area (Å²) in [6, 6.07) is 7.21. The van der Waals surface area contributed by atoms with E-state index in [0.717, 1.165) is 9.35 Å². The first-order valence-electron chi connectivity index (χ1n) is 4.56. The van der Waals surface area contributed by atoms with Crippen molar-refractivity contribution in [1.29, 1.82) is 0 Å². The van der Waals surface area contributed by atoms with Gasteiger partial charge in [0.25, 0.3) is 0 Å². The second kappa shape index (κ2) is 5.08. The third-order valence-corrected chi connectivity index (χ3v) is 4.16. The van der Waals surface area contributed by atoms with Gasteiger partial charge in [-0.1, -0.05) is 11.6 Å². The molecule has 0 amide bonds. The molecule has 0 unspecified atom stereocenters. The number of thiophene rings is 1. The van der Waals surface area contributed by atoms with Crippen LogP contribution in [-0.2, 0) is 6.61 Å². The number of ether oxygens (including phenoxy) is 1. The summed E-state index contributed by atoms with van der Waals surface area (Å²) >= 11 is 10.9. The molecular weight excluding hydrogens is 310 g/mol. The molecule has 1 heterocycles. The number of rotatable bonds is 3. The Balaban J connectivity index is 2.08. The van der Waals surface area contributed by atoms with Crippen LogP contribution in [0.4, 0.5) is 5.69 Å². The van der Waals surface area contributed by atoms with Gasteiger partial charge in [0.1, 0.15) is 12.4 Å².